The van der Waals surface area contributed by atoms with E-state index in [-0.39, 0.29) is 90.5 Å². The number of hydrogen-bond donors (Lipinski definition) is 0. The summed E-state index contributed by atoms with van der Waals surface area (Å²) in [6.07, 6.45) is 0. The van der Waals surface area contributed by atoms with E-state index < -0.39 is 0 Å². The normalized spacial score (nSPS) is 0. The van der Waals surface area contributed by atoms with Crippen molar-refractivity contribution in [1.82, 2.24) is 0 Å². The third kappa shape index (κ3) is 20.7. The van der Waals surface area contributed by atoms with Crippen LogP contribution in [0.15, 0.2) is 0 Å². The first-order chi connectivity index (χ1) is 0. The number of halogens is 1. The van der Waals surface area contributed by atoms with E-state index in [4.69, 9.17) is 0 Å². The van der Waals surface area contributed by atoms with Gasteiger partial charge in [0.25, 0.3) is 0 Å². The van der Waals surface area contributed by atoms with Gasteiger partial charge in [0.05, 0.1) is 0 Å². The van der Waals surface area contributed by atoms with E-state index in [1.165, 1.54) is 0 Å². The largest absolute Gasteiger partial charge is 2.00 e. The third-order valence-electron chi connectivity index (χ3n) is 0. The Kier molecular flexibility index (Phi) is 300. The molecule has 0 amide bonds. The molecular weight excluding hydrogens is 129 g/mol. The topological polar surface area (TPSA) is 31.5 Å². The SMILES string of the molecule is Cl.O.[Na+].[Na+].[S-2]. The zero-order chi connectivity index (χ0) is 0. The van der Waals surface area contributed by atoms with Crippen molar-refractivity contribution in [2.45, 2.75) is 0 Å². The minimum atomic E-state index is 0. The number of hydrogen-bond acceptors (Lipinski definition) is 0. The standard InChI is InChI=1S/ClH.2Na.H2O.S/h1H;;;1H2;/q;2*+1;;-2. The van der Waals surface area contributed by atoms with Gasteiger partial charge in [0, 0.05) is 0 Å². The van der Waals surface area contributed by atoms with Crippen LogP contribution in [0.4, 0.5) is 0 Å². The predicted octanol–water partition coefficient (Wildman–Crippen LogP) is -6.40. The van der Waals surface area contributed by atoms with E-state index in [2.05, 4.69) is 0 Å². The van der Waals surface area contributed by atoms with Crippen LogP contribution in [0.5, 0.6) is 0 Å². The molecule has 0 rings (SSSR count). The maximum Gasteiger partial charge on any atom is 1.00 e. The van der Waals surface area contributed by atoms with Crippen LogP contribution < -0.4 is 59.1 Å². The van der Waals surface area contributed by atoms with Crippen molar-refractivity contribution in [2.24, 2.45) is 0 Å². The summed E-state index contributed by atoms with van der Waals surface area (Å²) < 4.78 is 0. The van der Waals surface area contributed by atoms with Crippen LogP contribution in [0.1, 0.15) is 0 Å². The van der Waals surface area contributed by atoms with Gasteiger partial charge in [-0.05, 0) is 0 Å². The molecule has 0 fully saturated rings. The molecule has 0 radical (unpaired) electrons. The van der Waals surface area contributed by atoms with Crippen LogP contribution in [-0.2, 0) is 13.5 Å². The minimum absolute atomic E-state index is 0. The summed E-state index contributed by atoms with van der Waals surface area (Å²) in [5.41, 5.74) is 0. The second-order valence-electron chi connectivity index (χ2n) is 0. The minimum Gasteiger partial charge on any atom is -2.00 e. The van der Waals surface area contributed by atoms with E-state index in [1.807, 2.05) is 0 Å². The first-order valence-corrected chi connectivity index (χ1v) is 0. The molecule has 0 aromatic heterocycles. The van der Waals surface area contributed by atoms with Gasteiger partial charge in [0.2, 0.25) is 0 Å². The van der Waals surface area contributed by atoms with Crippen LogP contribution in [0, 0.1) is 0 Å². The smallest absolute Gasteiger partial charge is 1.00 e. The molecule has 5 heteroatoms. The van der Waals surface area contributed by atoms with E-state index in [0.29, 0.717) is 0 Å². The Morgan fingerprint density at radius 3 is 0.800 bits per heavy atom. The first kappa shape index (κ1) is 49.0. The molecule has 24 valence electrons. The van der Waals surface area contributed by atoms with Crippen molar-refractivity contribution >= 4 is 25.9 Å². The van der Waals surface area contributed by atoms with Crippen molar-refractivity contribution in [3.8, 4) is 0 Å². The molecule has 5 heavy (non-hydrogen) atoms. The van der Waals surface area contributed by atoms with Crippen LogP contribution in [0.2, 0.25) is 0 Å². The summed E-state index contributed by atoms with van der Waals surface area (Å²) >= 11 is 0. The summed E-state index contributed by atoms with van der Waals surface area (Å²) in [4.78, 5) is 0. The first-order valence-electron chi connectivity index (χ1n) is 0. The van der Waals surface area contributed by atoms with Crippen molar-refractivity contribution in [3.05, 3.63) is 0 Å². The van der Waals surface area contributed by atoms with Crippen molar-refractivity contribution in [3.63, 3.8) is 0 Å². The Labute approximate surface area is 89.0 Å². The van der Waals surface area contributed by atoms with Crippen LogP contribution in [0.25, 0.3) is 0 Å². The fourth-order valence-corrected chi connectivity index (χ4v) is 0. The monoisotopic (exact) mass is 132 g/mol. The van der Waals surface area contributed by atoms with E-state index in [1.54, 1.807) is 0 Å². The molecule has 0 saturated carbocycles. The van der Waals surface area contributed by atoms with Crippen molar-refractivity contribution in [1.29, 1.82) is 0 Å². The summed E-state index contributed by atoms with van der Waals surface area (Å²) in [5.74, 6) is 0. The second kappa shape index (κ2) is 30.6. The summed E-state index contributed by atoms with van der Waals surface area (Å²) in [5, 5.41) is 0. The van der Waals surface area contributed by atoms with Gasteiger partial charge < -0.3 is 19.0 Å². The average molecular weight is 133 g/mol. The molecule has 0 aromatic rings. The molecule has 1 nitrogen and oxygen atoms in total. The Morgan fingerprint density at radius 1 is 0.800 bits per heavy atom. The molecule has 0 aliphatic rings. The second-order valence-corrected chi connectivity index (χ2v) is 0. The molecule has 0 saturated heterocycles. The third-order valence-corrected chi connectivity index (χ3v) is 0. The van der Waals surface area contributed by atoms with Gasteiger partial charge in [-0.15, -0.1) is 12.4 Å². The van der Waals surface area contributed by atoms with Gasteiger partial charge in [0.1, 0.15) is 0 Å². The summed E-state index contributed by atoms with van der Waals surface area (Å²) in [6, 6.07) is 0. The summed E-state index contributed by atoms with van der Waals surface area (Å²) in [6.45, 7) is 0. The Balaban J connectivity index is 0. The van der Waals surface area contributed by atoms with E-state index in [0.717, 1.165) is 0 Å². The predicted molar refractivity (Wildman–Crippen MR) is 18.2 cm³/mol. The van der Waals surface area contributed by atoms with Gasteiger partial charge in [-0.25, -0.2) is 0 Å². The zero-order valence-electron chi connectivity index (χ0n) is 3.32. The molecule has 0 aliphatic carbocycles. The summed E-state index contributed by atoms with van der Waals surface area (Å²) in [7, 11) is 0. The molecule has 0 unspecified atom stereocenters. The van der Waals surface area contributed by atoms with Gasteiger partial charge in [0.15, 0.2) is 0 Å². The maximum atomic E-state index is 0. The zero-order valence-corrected chi connectivity index (χ0v) is 8.95. The quantitative estimate of drug-likeness (QED) is 0.294. The van der Waals surface area contributed by atoms with Crippen LogP contribution in [0.3, 0.4) is 0 Å². The molecule has 0 aliphatic heterocycles. The van der Waals surface area contributed by atoms with E-state index >= 15 is 0 Å². The Morgan fingerprint density at radius 2 is 0.800 bits per heavy atom. The van der Waals surface area contributed by atoms with Gasteiger partial charge >= 0.3 is 59.1 Å². The van der Waals surface area contributed by atoms with Crippen LogP contribution >= 0.6 is 12.4 Å². The fraction of sp³-hybridized carbons (Fsp3) is 0. The molecule has 0 aromatic carbocycles. The Bertz CT molecular complexity index is 9.61. The molecule has 0 bridgehead atoms. The maximum absolute atomic E-state index is 0. The van der Waals surface area contributed by atoms with Crippen molar-refractivity contribution in [2.75, 3.05) is 0 Å². The molecule has 0 heterocycles. The van der Waals surface area contributed by atoms with E-state index in [9.17, 15) is 0 Å². The molecule has 0 spiro atoms. The molecule has 0 atom stereocenters. The Hall–Kier alpha value is 2.60. The molecule has 2 N–H and O–H groups in total. The van der Waals surface area contributed by atoms with Gasteiger partial charge in [-0.1, -0.05) is 0 Å². The average Bonchev–Trinajstić information content (AvgIpc) is 0. The van der Waals surface area contributed by atoms with Gasteiger partial charge in [-0.2, -0.15) is 0 Å². The number of rotatable bonds is 0. The van der Waals surface area contributed by atoms with Gasteiger partial charge in [-0.3, -0.25) is 0 Å². The van der Waals surface area contributed by atoms with Crippen LogP contribution in [-0.4, -0.2) is 5.48 Å². The molecular formula is H3ClNa2OS. The van der Waals surface area contributed by atoms with Crippen molar-refractivity contribution < 1.29 is 64.6 Å². The fourth-order valence-electron chi connectivity index (χ4n) is 0.